The molecule has 108 valence electrons. The summed E-state index contributed by atoms with van der Waals surface area (Å²) in [6.45, 7) is 7.47. The van der Waals surface area contributed by atoms with Gasteiger partial charge in [-0.3, -0.25) is 0 Å². The average molecular weight is 284 g/mol. The first-order valence-corrected chi connectivity index (χ1v) is 7.83. The summed E-state index contributed by atoms with van der Waals surface area (Å²) in [6, 6.07) is 6.88. The summed E-state index contributed by atoms with van der Waals surface area (Å²) in [5.41, 5.74) is 1.24. The van der Waals surface area contributed by atoms with Crippen LogP contribution in [0.5, 0.6) is 0 Å². The number of sulfonamides is 1. The van der Waals surface area contributed by atoms with Gasteiger partial charge < -0.3 is 5.32 Å². The summed E-state index contributed by atoms with van der Waals surface area (Å²) in [5.74, 6) is 0. The Morgan fingerprint density at radius 3 is 2.05 bits per heavy atom. The molecule has 0 aromatic heterocycles. The van der Waals surface area contributed by atoms with Crippen LogP contribution in [0.1, 0.15) is 27.2 Å². The SMILES string of the molecule is CN(C)S(=O)(=O)c1ccc(NCCC(C)(C)C)cc1. The van der Waals surface area contributed by atoms with E-state index in [0.29, 0.717) is 10.3 Å². The third-order valence-corrected chi connectivity index (χ3v) is 4.67. The first-order valence-electron chi connectivity index (χ1n) is 6.39. The number of rotatable bonds is 5. The van der Waals surface area contributed by atoms with Crippen molar-refractivity contribution in [1.29, 1.82) is 0 Å². The van der Waals surface area contributed by atoms with Crippen LogP contribution in [0.25, 0.3) is 0 Å². The zero-order chi connectivity index (χ0) is 14.7. The monoisotopic (exact) mass is 284 g/mol. The Morgan fingerprint density at radius 2 is 1.63 bits per heavy atom. The van der Waals surface area contributed by atoms with E-state index in [2.05, 4.69) is 26.1 Å². The molecular weight excluding hydrogens is 260 g/mol. The lowest BCUT2D eigenvalue weighted by Gasteiger charge is -2.18. The molecule has 0 heterocycles. The smallest absolute Gasteiger partial charge is 0.242 e. The number of anilines is 1. The Labute approximate surface area is 116 Å². The van der Waals surface area contributed by atoms with Crippen molar-refractivity contribution in [3.05, 3.63) is 24.3 Å². The maximum absolute atomic E-state index is 11.9. The Kier molecular flexibility index (Phi) is 4.98. The Morgan fingerprint density at radius 1 is 1.11 bits per heavy atom. The van der Waals surface area contributed by atoms with E-state index in [1.54, 1.807) is 24.3 Å². The molecule has 0 unspecified atom stereocenters. The zero-order valence-corrected chi connectivity index (χ0v) is 13.2. The van der Waals surface area contributed by atoms with Gasteiger partial charge in [-0.25, -0.2) is 12.7 Å². The second-order valence-corrected chi connectivity index (χ2v) is 8.20. The molecule has 4 nitrogen and oxygen atoms in total. The minimum Gasteiger partial charge on any atom is -0.385 e. The van der Waals surface area contributed by atoms with Crippen molar-refractivity contribution >= 4 is 15.7 Å². The fourth-order valence-corrected chi connectivity index (χ4v) is 2.44. The van der Waals surface area contributed by atoms with Gasteiger partial charge in [0.25, 0.3) is 0 Å². The van der Waals surface area contributed by atoms with Gasteiger partial charge in [0.15, 0.2) is 0 Å². The topological polar surface area (TPSA) is 49.4 Å². The molecule has 0 spiro atoms. The van der Waals surface area contributed by atoms with E-state index in [0.717, 1.165) is 18.7 Å². The molecule has 0 aliphatic heterocycles. The van der Waals surface area contributed by atoms with Crippen LogP contribution in [0, 0.1) is 5.41 Å². The quantitative estimate of drug-likeness (QED) is 0.904. The van der Waals surface area contributed by atoms with E-state index in [9.17, 15) is 8.42 Å². The highest BCUT2D eigenvalue weighted by Crippen LogP contribution is 2.20. The molecule has 0 amide bonds. The molecule has 5 heteroatoms. The summed E-state index contributed by atoms with van der Waals surface area (Å²) < 4.78 is 25.0. The fourth-order valence-electron chi connectivity index (χ4n) is 1.54. The molecule has 0 radical (unpaired) electrons. The number of hydrogen-bond acceptors (Lipinski definition) is 3. The normalized spacial score (nSPS) is 12.7. The van der Waals surface area contributed by atoms with E-state index in [1.807, 2.05) is 0 Å². The first-order chi connectivity index (χ1) is 8.63. The van der Waals surface area contributed by atoms with E-state index in [1.165, 1.54) is 18.4 Å². The second kappa shape index (κ2) is 5.92. The Hall–Kier alpha value is -1.07. The molecule has 0 saturated heterocycles. The van der Waals surface area contributed by atoms with Crippen LogP contribution >= 0.6 is 0 Å². The zero-order valence-electron chi connectivity index (χ0n) is 12.4. The van der Waals surface area contributed by atoms with Gasteiger partial charge in [0.05, 0.1) is 4.90 Å². The van der Waals surface area contributed by atoms with E-state index in [-0.39, 0.29) is 0 Å². The van der Waals surface area contributed by atoms with Crippen LogP contribution in [0.3, 0.4) is 0 Å². The molecule has 0 atom stereocenters. The third-order valence-electron chi connectivity index (χ3n) is 2.84. The largest absolute Gasteiger partial charge is 0.385 e. The molecule has 1 rings (SSSR count). The summed E-state index contributed by atoms with van der Waals surface area (Å²) in [5, 5.41) is 3.30. The van der Waals surface area contributed by atoms with Gasteiger partial charge in [-0.15, -0.1) is 0 Å². The predicted octanol–water partition coefficient (Wildman–Crippen LogP) is 2.79. The van der Waals surface area contributed by atoms with Gasteiger partial charge in [-0.2, -0.15) is 0 Å². The van der Waals surface area contributed by atoms with Crippen LogP contribution in [0.2, 0.25) is 0 Å². The van der Waals surface area contributed by atoms with Crippen molar-refractivity contribution in [3.8, 4) is 0 Å². The van der Waals surface area contributed by atoms with Gasteiger partial charge in [0.1, 0.15) is 0 Å². The molecule has 0 aliphatic rings. The highest BCUT2D eigenvalue weighted by Gasteiger charge is 2.16. The molecular formula is C14H24N2O2S. The lowest BCUT2D eigenvalue weighted by molar-refractivity contribution is 0.390. The average Bonchev–Trinajstić information content (AvgIpc) is 2.27. The molecule has 0 bridgehead atoms. The minimum atomic E-state index is -3.33. The van der Waals surface area contributed by atoms with Crippen molar-refractivity contribution in [2.75, 3.05) is 26.0 Å². The van der Waals surface area contributed by atoms with Crippen molar-refractivity contribution in [3.63, 3.8) is 0 Å². The van der Waals surface area contributed by atoms with Gasteiger partial charge in [-0.1, -0.05) is 20.8 Å². The summed E-state index contributed by atoms with van der Waals surface area (Å²) in [4.78, 5) is 0.318. The second-order valence-electron chi connectivity index (χ2n) is 6.05. The lowest BCUT2D eigenvalue weighted by atomic mass is 9.92. The summed E-state index contributed by atoms with van der Waals surface area (Å²) in [6.07, 6.45) is 1.06. The summed E-state index contributed by atoms with van der Waals surface area (Å²) in [7, 11) is -0.267. The lowest BCUT2D eigenvalue weighted by Crippen LogP contribution is -2.22. The Bertz CT molecular complexity index is 499. The first kappa shape index (κ1) is 16.0. The fraction of sp³-hybridized carbons (Fsp3) is 0.571. The van der Waals surface area contributed by atoms with Crippen molar-refractivity contribution in [2.24, 2.45) is 5.41 Å². The molecule has 0 saturated carbocycles. The van der Waals surface area contributed by atoms with Gasteiger partial charge in [0.2, 0.25) is 10.0 Å². The van der Waals surface area contributed by atoms with Crippen LogP contribution < -0.4 is 5.32 Å². The van der Waals surface area contributed by atoms with Crippen molar-refractivity contribution < 1.29 is 8.42 Å². The Balaban J connectivity index is 2.68. The number of hydrogen-bond donors (Lipinski definition) is 1. The predicted molar refractivity (Wildman–Crippen MR) is 79.9 cm³/mol. The molecule has 0 aliphatic carbocycles. The number of nitrogens with zero attached hydrogens (tertiary/aromatic N) is 1. The van der Waals surface area contributed by atoms with Crippen LogP contribution in [0.15, 0.2) is 29.2 Å². The number of benzene rings is 1. The molecule has 1 aromatic carbocycles. The standard InChI is InChI=1S/C14H24N2O2S/c1-14(2,3)10-11-15-12-6-8-13(9-7-12)19(17,18)16(4)5/h6-9,15H,10-11H2,1-5H3. The van der Waals surface area contributed by atoms with E-state index >= 15 is 0 Å². The molecule has 1 N–H and O–H groups in total. The highest BCUT2D eigenvalue weighted by molar-refractivity contribution is 7.89. The van der Waals surface area contributed by atoms with E-state index < -0.39 is 10.0 Å². The maximum Gasteiger partial charge on any atom is 0.242 e. The molecule has 0 fully saturated rings. The number of nitrogens with one attached hydrogen (secondary N) is 1. The van der Waals surface area contributed by atoms with Crippen LogP contribution in [-0.4, -0.2) is 33.4 Å². The highest BCUT2D eigenvalue weighted by atomic mass is 32.2. The van der Waals surface area contributed by atoms with Crippen molar-refractivity contribution in [1.82, 2.24) is 4.31 Å². The van der Waals surface area contributed by atoms with Gasteiger partial charge in [0, 0.05) is 26.3 Å². The van der Waals surface area contributed by atoms with Gasteiger partial charge >= 0.3 is 0 Å². The molecule has 1 aromatic rings. The minimum absolute atomic E-state index is 0.293. The van der Waals surface area contributed by atoms with E-state index in [4.69, 9.17) is 0 Å². The molecule has 19 heavy (non-hydrogen) atoms. The van der Waals surface area contributed by atoms with Gasteiger partial charge in [-0.05, 0) is 36.1 Å². The summed E-state index contributed by atoms with van der Waals surface area (Å²) >= 11 is 0. The third kappa shape index (κ3) is 4.84. The maximum atomic E-state index is 11.9. The van der Waals surface area contributed by atoms with Crippen LogP contribution in [0.4, 0.5) is 5.69 Å². The van der Waals surface area contributed by atoms with Crippen molar-refractivity contribution in [2.45, 2.75) is 32.1 Å². The van der Waals surface area contributed by atoms with Crippen LogP contribution in [-0.2, 0) is 10.0 Å².